The first-order chi connectivity index (χ1) is 16.4. The van der Waals surface area contributed by atoms with Gasteiger partial charge in [0.2, 0.25) is 17.7 Å². The Balaban J connectivity index is 1.70. The van der Waals surface area contributed by atoms with E-state index < -0.39 is 11.0 Å². The number of methoxy groups -OCH3 is 2. The second-order valence-corrected chi connectivity index (χ2v) is 9.59. The summed E-state index contributed by atoms with van der Waals surface area (Å²) in [5.41, 5.74) is 0.379. The maximum absolute atomic E-state index is 13.3. The number of aromatic nitrogens is 7. The fourth-order valence-electron chi connectivity index (χ4n) is 3.55. The molecule has 182 valence electrons. The van der Waals surface area contributed by atoms with Gasteiger partial charge in [0, 0.05) is 24.9 Å². The Labute approximate surface area is 204 Å². The topological polar surface area (TPSA) is 139 Å². The fourth-order valence-corrected chi connectivity index (χ4v) is 4.63. The standard InChI is InChI=1S/C20H25ClN8O4S/c1-11(16-22-8-13(21)9-23-16)12(2)34(30)28-20-27-26-17(14-6-5-7-33-14)29(20)15-18(31-3)24-10-25-19(15)32-4/h8-12,14H,5-7H2,1-4H3,(H,27,28). The second-order valence-electron chi connectivity index (χ2n) is 7.61. The molecular formula is C20H25ClN8O4S. The third-order valence-electron chi connectivity index (χ3n) is 5.55. The number of hydrogen-bond donors (Lipinski definition) is 1. The molecule has 1 saturated heterocycles. The van der Waals surface area contributed by atoms with Crippen molar-refractivity contribution in [2.45, 2.75) is 44.0 Å². The molecule has 3 aromatic heterocycles. The quantitative estimate of drug-likeness (QED) is 0.458. The van der Waals surface area contributed by atoms with Crippen LogP contribution in [0.1, 0.15) is 50.4 Å². The molecule has 14 heteroatoms. The number of anilines is 1. The molecule has 12 nitrogen and oxygen atoms in total. The molecule has 1 N–H and O–H groups in total. The van der Waals surface area contributed by atoms with Crippen LogP contribution in [-0.2, 0) is 15.7 Å². The molecule has 4 unspecified atom stereocenters. The minimum atomic E-state index is -1.59. The van der Waals surface area contributed by atoms with Crippen molar-refractivity contribution in [3.8, 4) is 17.4 Å². The van der Waals surface area contributed by atoms with Crippen molar-refractivity contribution in [2.24, 2.45) is 0 Å². The van der Waals surface area contributed by atoms with E-state index in [9.17, 15) is 4.21 Å². The molecule has 0 aromatic carbocycles. The van der Waals surface area contributed by atoms with Gasteiger partial charge in [-0.05, 0) is 19.8 Å². The minimum Gasteiger partial charge on any atom is -0.479 e. The summed E-state index contributed by atoms with van der Waals surface area (Å²) >= 11 is 5.89. The lowest BCUT2D eigenvalue weighted by atomic mass is 10.1. The van der Waals surface area contributed by atoms with Crippen LogP contribution in [0.25, 0.3) is 5.69 Å². The van der Waals surface area contributed by atoms with Gasteiger partial charge in [0.1, 0.15) is 29.2 Å². The predicted molar refractivity (Wildman–Crippen MR) is 125 cm³/mol. The summed E-state index contributed by atoms with van der Waals surface area (Å²) in [6.45, 7) is 4.34. The molecule has 0 amide bonds. The van der Waals surface area contributed by atoms with E-state index in [2.05, 4.69) is 34.9 Å². The van der Waals surface area contributed by atoms with Gasteiger partial charge in [-0.25, -0.2) is 14.2 Å². The van der Waals surface area contributed by atoms with Crippen molar-refractivity contribution >= 4 is 28.5 Å². The van der Waals surface area contributed by atoms with Gasteiger partial charge < -0.3 is 14.2 Å². The Morgan fingerprint density at radius 2 is 1.82 bits per heavy atom. The van der Waals surface area contributed by atoms with Gasteiger partial charge in [0.25, 0.3) is 0 Å². The van der Waals surface area contributed by atoms with E-state index in [0.717, 1.165) is 12.8 Å². The average Bonchev–Trinajstić information content (AvgIpc) is 3.53. The number of nitrogens with one attached hydrogen (secondary N) is 1. The van der Waals surface area contributed by atoms with Gasteiger partial charge in [-0.1, -0.05) is 18.5 Å². The van der Waals surface area contributed by atoms with Crippen LogP contribution in [0.4, 0.5) is 5.95 Å². The maximum atomic E-state index is 13.3. The van der Waals surface area contributed by atoms with Crippen LogP contribution in [0.5, 0.6) is 11.8 Å². The first-order valence-electron chi connectivity index (χ1n) is 10.6. The zero-order valence-electron chi connectivity index (χ0n) is 19.1. The third kappa shape index (κ3) is 4.81. The van der Waals surface area contributed by atoms with Gasteiger partial charge in [0.05, 0.1) is 24.5 Å². The molecule has 1 aliphatic heterocycles. The van der Waals surface area contributed by atoms with Crippen LogP contribution < -0.4 is 14.2 Å². The fraction of sp³-hybridized carbons (Fsp3) is 0.500. The molecule has 4 rings (SSSR count). The molecule has 4 heterocycles. The lowest BCUT2D eigenvalue weighted by molar-refractivity contribution is 0.103. The van der Waals surface area contributed by atoms with Crippen molar-refractivity contribution in [3.05, 3.63) is 35.4 Å². The highest BCUT2D eigenvalue weighted by atomic mass is 35.5. The van der Waals surface area contributed by atoms with Gasteiger partial charge in [0.15, 0.2) is 11.5 Å². The van der Waals surface area contributed by atoms with Gasteiger partial charge >= 0.3 is 0 Å². The highest BCUT2D eigenvalue weighted by Crippen LogP contribution is 2.37. The molecule has 1 fully saturated rings. The molecule has 34 heavy (non-hydrogen) atoms. The summed E-state index contributed by atoms with van der Waals surface area (Å²) in [5.74, 6) is 1.51. The van der Waals surface area contributed by atoms with E-state index in [0.29, 0.717) is 29.0 Å². The number of halogens is 1. The molecule has 0 radical (unpaired) electrons. The lowest BCUT2D eigenvalue weighted by Crippen LogP contribution is -2.26. The van der Waals surface area contributed by atoms with Crippen LogP contribution >= 0.6 is 11.6 Å². The third-order valence-corrected chi connectivity index (χ3v) is 7.21. The maximum Gasteiger partial charge on any atom is 0.245 e. The molecule has 0 spiro atoms. The summed E-state index contributed by atoms with van der Waals surface area (Å²) in [5, 5.41) is 8.66. The Bertz CT molecular complexity index is 1130. The van der Waals surface area contributed by atoms with Crippen molar-refractivity contribution < 1.29 is 18.4 Å². The van der Waals surface area contributed by atoms with Crippen LogP contribution in [-0.4, -0.2) is 65.0 Å². The van der Waals surface area contributed by atoms with Crippen molar-refractivity contribution in [1.29, 1.82) is 0 Å². The van der Waals surface area contributed by atoms with Crippen molar-refractivity contribution in [3.63, 3.8) is 0 Å². The number of nitrogens with zero attached hydrogens (tertiary/aromatic N) is 7. The average molecular weight is 509 g/mol. The monoisotopic (exact) mass is 508 g/mol. The zero-order chi connectivity index (χ0) is 24.2. The van der Waals surface area contributed by atoms with Crippen LogP contribution in [0.2, 0.25) is 5.02 Å². The van der Waals surface area contributed by atoms with E-state index in [1.165, 1.54) is 32.9 Å². The SMILES string of the molecule is COc1ncnc(OC)c1-n1c(NS(=O)C(C)C(C)c2ncc(Cl)cn2)nnc1C1CCCO1. The van der Waals surface area contributed by atoms with Crippen LogP contribution in [0, 0.1) is 0 Å². The Morgan fingerprint density at radius 1 is 1.15 bits per heavy atom. The molecule has 0 bridgehead atoms. The molecule has 3 aromatic rings. The molecule has 1 aliphatic rings. The van der Waals surface area contributed by atoms with Crippen LogP contribution in [0.3, 0.4) is 0 Å². The van der Waals surface area contributed by atoms with E-state index in [-0.39, 0.29) is 35.0 Å². The van der Waals surface area contributed by atoms with E-state index >= 15 is 0 Å². The summed E-state index contributed by atoms with van der Waals surface area (Å²) < 4.78 is 34.7. The Kier molecular flexibility index (Phi) is 7.54. The highest BCUT2D eigenvalue weighted by molar-refractivity contribution is 7.87. The number of hydrogen-bond acceptors (Lipinski definition) is 10. The Morgan fingerprint density at radius 3 is 2.41 bits per heavy atom. The van der Waals surface area contributed by atoms with Crippen molar-refractivity contribution in [2.75, 3.05) is 25.5 Å². The van der Waals surface area contributed by atoms with Crippen LogP contribution in [0.15, 0.2) is 18.7 Å². The minimum absolute atomic E-state index is 0.214. The second kappa shape index (κ2) is 10.6. The van der Waals surface area contributed by atoms with Gasteiger partial charge in [-0.2, -0.15) is 9.97 Å². The van der Waals surface area contributed by atoms with E-state index in [1.54, 1.807) is 4.57 Å². The first-order valence-corrected chi connectivity index (χ1v) is 12.2. The summed E-state index contributed by atoms with van der Waals surface area (Å²) in [6, 6.07) is 0. The number of rotatable bonds is 9. The summed E-state index contributed by atoms with van der Waals surface area (Å²) in [4.78, 5) is 16.9. The molecular weight excluding hydrogens is 484 g/mol. The van der Waals surface area contributed by atoms with E-state index in [4.69, 9.17) is 25.8 Å². The van der Waals surface area contributed by atoms with Crippen molar-refractivity contribution in [1.82, 2.24) is 34.7 Å². The highest BCUT2D eigenvalue weighted by Gasteiger charge is 2.32. The first kappa shape index (κ1) is 24.2. The normalized spacial score (nSPS) is 18.3. The zero-order valence-corrected chi connectivity index (χ0v) is 20.7. The van der Waals surface area contributed by atoms with Gasteiger partial charge in [-0.15, -0.1) is 10.2 Å². The predicted octanol–water partition coefficient (Wildman–Crippen LogP) is 2.64. The molecule has 0 aliphatic carbocycles. The largest absolute Gasteiger partial charge is 0.479 e. The van der Waals surface area contributed by atoms with E-state index in [1.807, 2.05) is 13.8 Å². The summed E-state index contributed by atoms with van der Waals surface area (Å²) in [6.07, 6.45) is 5.72. The smallest absolute Gasteiger partial charge is 0.245 e. The Hall–Kier alpha value is -2.90. The lowest BCUT2D eigenvalue weighted by Gasteiger charge is -2.20. The molecule has 0 saturated carbocycles. The number of ether oxygens (including phenoxy) is 3. The molecule has 4 atom stereocenters. The van der Waals surface area contributed by atoms with Gasteiger partial charge in [-0.3, -0.25) is 9.29 Å². The summed E-state index contributed by atoms with van der Waals surface area (Å²) in [7, 11) is 1.39.